The van der Waals surface area contributed by atoms with E-state index in [9.17, 15) is 10.2 Å². The summed E-state index contributed by atoms with van der Waals surface area (Å²) in [6.45, 7) is 2.12. The van der Waals surface area contributed by atoms with Gasteiger partial charge in [-0.2, -0.15) is 0 Å². The van der Waals surface area contributed by atoms with E-state index in [2.05, 4.69) is 37.3 Å². The molecule has 4 aliphatic rings. The molecule has 1 atom stereocenters. The monoisotopic (exact) mass is 310 g/mol. The predicted octanol–water partition coefficient (Wildman–Crippen LogP) is 4.50. The van der Waals surface area contributed by atoms with Crippen molar-refractivity contribution >= 4 is 0 Å². The van der Waals surface area contributed by atoms with Gasteiger partial charge in [0.15, 0.2) is 0 Å². The Morgan fingerprint density at radius 3 is 2.04 bits per heavy atom. The van der Waals surface area contributed by atoms with Crippen LogP contribution in [0.15, 0.2) is 36.4 Å². The van der Waals surface area contributed by atoms with Gasteiger partial charge in [0.1, 0.15) is 5.75 Å². The van der Waals surface area contributed by atoms with E-state index in [1.807, 2.05) is 6.07 Å². The third-order valence-electron chi connectivity index (χ3n) is 4.94. The van der Waals surface area contributed by atoms with Crippen molar-refractivity contribution in [2.45, 2.75) is 58.0 Å². The van der Waals surface area contributed by atoms with Crippen molar-refractivity contribution in [2.24, 2.45) is 0 Å². The molecule has 2 N–H and O–H groups in total. The number of unbranched alkanes of at least 4 members (excludes halogenated alkanes) is 1. The van der Waals surface area contributed by atoms with Crippen LogP contribution in [0.2, 0.25) is 0 Å². The molecule has 0 radical (unpaired) electrons. The number of rotatable bonds is 4. The number of hydrogen-bond acceptors (Lipinski definition) is 2. The van der Waals surface area contributed by atoms with E-state index in [1.54, 1.807) is 0 Å². The molecule has 0 spiro atoms. The van der Waals surface area contributed by atoms with Gasteiger partial charge in [0.05, 0.1) is 6.10 Å². The predicted molar refractivity (Wildman–Crippen MR) is 93.8 cm³/mol. The summed E-state index contributed by atoms with van der Waals surface area (Å²) in [7, 11) is 0. The Morgan fingerprint density at radius 2 is 1.43 bits per heavy atom. The molecule has 0 saturated heterocycles. The molecule has 4 aliphatic carbocycles. The summed E-state index contributed by atoms with van der Waals surface area (Å²) in [5.41, 5.74) is 5.41. The molecule has 6 rings (SSSR count). The second kappa shape index (κ2) is 7.18. The lowest BCUT2D eigenvalue weighted by Gasteiger charge is -2.20. The lowest BCUT2D eigenvalue weighted by Crippen LogP contribution is -2.07. The Bertz CT molecular complexity index is 658. The van der Waals surface area contributed by atoms with Crippen LogP contribution < -0.4 is 0 Å². The van der Waals surface area contributed by atoms with Crippen molar-refractivity contribution in [1.82, 2.24) is 0 Å². The Kier molecular flexibility index (Phi) is 5.02. The lowest BCUT2D eigenvalue weighted by atomic mass is 9.89. The van der Waals surface area contributed by atoms with Gasteiger partial charge in [0.2, 0.25) is 0 Å². The van der Waals surface area contributed by atoms with Gasteiger partial charge < -0.3 is 10.2 Å². The molecule has 0 aliphatic heterocycles. The number of aromatic hydroxyl groups is 1. The molecule has 0 heterocycles. The highest BCUT2D eigenvalue weighted by molar-refractivity contribution is 5.48. The number of aliphatic hydroxyl groups is 1. The summed E-state index contributed by atoms with van der Waals surface area (Å²) in [6, 6.07) is 12.9. The van der Waals surface area contributed by atoms with Crippen molar-refractivity contribution in [3.63, 3.8) is 0 Å². The highest BCUT2D eigenvalue weighted by atomic mass is 16.3. The van der Waals surface area contributed by atoms with E-state index in [-0.39, 0.29) is 0 Å². The Morgan fingerprint density at radius 1 is 0.870 bits per heavy atom. The third-order valence-corrected chi connectivity index (χ3v) is 4.94. The summed E-state index contributed by atoms with van der Waals surface area (Å²) in [5.74, 6) is 0.320. The van der Waals surface area contributed by atoms with E-state index in [0.717, 1.165) is 55.2 Å². The summed E-state index contributed by atoms with van der Waals surface area (Å²) < 4.78 is 0. The van der Waals surface area contributed by atoms with E-state index in [1.165, 1.54) is 11.1 Å². The second-order valence-electron chi connectivity index (χ2n) is 6.62. The van der Waals surface area contributed by atoms with Gasteiger partial charge in [-0.25, -0.2) is 0 Å². The minimum Gasteiger partial charge on any atom is -0.507 e. The van der Waals surface area contributed by atoms with Gasteiger partial charge in [-0.15, -0.1) is 0 Å². The summed E-state index contributed by atoms with van der Waals surface area (Å²) in [6.07, 6.45) is 5.70. The second-order valence-corrected chi connectivity index (χ2v) is 6.62. The SMILES string of the molecule is CCCC[C@H](O)c1c2ccc(c1O)CCc1ccc(cc1)CC2. The number of benzene rings is 2. The average molecular weight is 310 g/mol. The van der Waals surface area contributed by atoms with Crippen molar-refractivity contribution in [3.8, 4) is 5.75 Å². The fraction of sp³-hybridized carbons (Fsp3) is 0.429. The normalized spacial score (nSPS) is 15.2. The smallest absolute Gasteiger partial charge is 0.124 e. The van der Waals surface area contributed by atoms with E-state index >= 15 is 0 Å². The molecular formula is C21H26O2. The van der Waals surface area contributed by atoms with Gasteiger partial charge in [-0.3, -0.25) is 0 Å². The quantitative estimate of drug-likeness (QED) is 0.873. The molecule has 0 aromatic heterocycles. The lowest BCUT2D eigenvalue weighted by molar-refractivity contribution is 0.159. The van der Waals surface area contributed by atoms with Gasteiger partial charge in [-0.05, 0) is 54.4 Å². The molecule has 4 bridgehead atoms. The molecule has 0 unspecified atom stereocenters. The highest BCUT2D eigenvalue weighted by Gasteiger charge is 2.20. The van der Waals surface area contributed by atoms with Crippen molar-refractivity contribution in [1.29, 1.82) is 0 Å². The number of aliphatic hydroxyl groups excluding tert-OH is 1. The van der Waals surface area contributed by atoms with Crippen molar-refractivity contribution in [2.75, 3.05) is 0 Å². The zero-order valence-corrected chi connectivity index (χ0v) is 13.9. The number of hydrogen-bond donors (Lipinski definition) is 2. The molecular weight excluding hydrogens is 284 g/mol. The van der Waals surface area contributed by atoms with Crippen molar-refractivity contribution in [3.05, 3.63) is 64.2 Å². The zero-order chi connectivity index (χ0) is 16.2. The van der Waals surface area contributed by atoms with E-state index < -0.39 is 6.10 Å². The summed E-state index contributed by atoms with van der Waals surface area (Å²) in [4.78, 5) is 0. The Hall–Kier alpha value is -1.80. The highest BCUT2D eigenvalue weighted by Crippen LogP contribution is 2.35. The maximum atomic E-state index is 10.7. The van der Waals surface area contributed by atoms with Gasteiger partial charge >= 0.3 is 0 Å². The van der Waals surface area contributed by atoms with E-state index in [4.69, 9.17) is 0 Å². The van der Waals surface area contributed by atoms with E-state index in [0.29, 0.717) is 12.2 Å². The molecule has 2 nitrogen and oxygen atoms in total. The van der Waals surface area contributed by atoms with Crippen LogP contribution in [0.4, 0.5) is 0 Å². The standard InChI is InChI=1S/C21H26O2/c1-2-3-4-19(22)20-17-11-9-15-5-7-16(8-6-15)10-12-18(14-13-17)21(20)23/h5-8,13-14,19,22-23H,2-4,9-12H2,1H3/t19-/m0/s1. The third kappa shape index (κ3) is 3.59. The van der Waals surface area contributed by atoms with Crippen LogP contribution in [-0.2, 0) is 25.7 Å². The number of phenols is 1. The van der Waals surface area contributed by atoms with Crippen LogP contribution in [-0.4, -0.2) is 10.2 Å². The maximum absolute atomic E-state index is 10.7. The molecule has 122 valence electrons. The Labute approximate surface area is 138 Å². The fourth-order valence-electron chi connectivity index (χ4n) is 3.46. The largest absolute Gasteiger partial charge is 0.507 e. The fourth-order valence-corrected chi connectivity index (χ4v) is 3.46. The molecule has 0 fully saturated rings. The van der Waals surface area contributed by atoms with Crippen LogP contribution >= 0.6 is 0 Å². The molecule has 2 heteroatoms. The zero-order valence-electron chi connectivity index (χ0n) is 13.9. The van der Waals surface area contributed by atoms with Crippen molar-refractivity contribution < 1.29 is 10.2 Å². The van der Waals surface area contributed by atoms with Crippen LogP contribution in [0.3, 0.4) is 0 Å². The first kappa shape index (κ1) is 16.1. The number of phenolic OH excluding ortho intramolecular Hbond substituents is 1. The van der Waals surface area contributed by atoms with Crippen LogP contribution in [0.25, 0.3) is 0 Å². The van der Waals surface area contributed by atoms with Gasteiger partial charge in [0.25, 0.3) is 0 Å². The number of aryl methyl sites for hydroxylation is 4. The average Bonchev–Trinajstić information content (AvgIpc) is 2.56. The minimum absolute atomic E-state index is 0.320. The first-order valence-electron chi connectivity index (χ1n) is 8.78. The van der Waals surface area contributed by atoms with Gasteiger partial charge in [-0.1, -0.05) is 56.2 Å². The first-order chi connectivity index (χ1) is 11.2. The molecule has 0 saturated carbocycles. The van der Waals surface area contributed by atoms with Gasteiger partial charge in [0, 0.05) is 5.56 Å². The molecule has 23 heavy (non-hydrogen) atoms. The Balaban J connectivity index is 1.98. The summed E-state index contributed by atoms with van der Waals surface area (Å²) in [5, 5.41) is 21.3. The first-order valence-corrected chi connectivity index (χ1v) is 8.78. The maximum Gasteiger partial charge on any atom is 0.124 e. The summed E-state index contributed by atoms with van der Waals surface area (Å²) >= 11 is 0. The molecule has 2 aromatic carbocycles. The van der Waals surface area contributed by atoms with Crippen LogP contribution in [0.5, 0.6) is 5.75 Å². The van der Waals surface area contributed by atoms with Crippen LogP contribution in [0, 0.1) is 0 Å². The topological polar surface area (TPSA) is 40.5 Å². The molecule has 0 amide bonds. The molecule has 2 aromatic rings. The van der Waals surface area contributed by atoms with Crippen LogP contribution in [0.1, 0.15) is 60.1 Å². The minimum atomic E-state index is -0.561.